The van der Waals surface area contributed by atoms with Crippen molar-refractivity contribution >= 4 is 17.3 Å². The number of rotatable bonds is 6. The summed E-state index contributed by atoms with van der Waals surface area (Å²) in [5, 5.41) is 11.2. The molecule has 184 valence electrons. The van der Waals surface area contributed by atoms with Crippen molar-refractivity contribution in [3.63, 3.8) is 0 Å². The molecule has 6 nitrogen and oxygen atoms in total. The van der Waals surface area contributed by atoms with E-state index in [1.807, 2.05) is 66.7 Å². The van der Waals surface area contributed by atoms with E-state index in [4.69, 9.17) is 4.42 Å². The minimum absolute atomic E-state index is 0.0640. The van der Waals surface area contributed by atoms with E-state index in [9.17, 15) is 19.7 Å². The number of ketones is 2. The number of nitrogens with zero attached hydrogens (tertiary/aromatic N) is 1. The highest BCUT2D eigenvalue weighted by Crippen LogP contribution is 2.53. The van der Waals surface area contributed by atoms with Gasteiger partial charge in [0.25, 0.3) is 5.69 Å². The third-order valence-corrected chi connectivity index (χ3v) is 6.99. The molecule has 4 aromatic carbocycles. The van der Waals surface area contributed by atoms with E-state index in [1.165, 1.54) is 12.1 Å². The molecule has 0 amide bonds. The number of hydrogen-bond donors (Lipinski definition) is 0. The smallest absolute Gasteiger partial charge is 0.269 e. The molecule has 2 atom stereocenters. The van der Waals surface area contributed by atoms with Crippen molar-refractivity contribution in [2.75, 3.05) is 0 Å². The first-order valence-electron chi connectivity index (χ1n) is 12.2. The Labute approximate surface area is 218 Å². The Kier molecular flexibility index (Phi) is 5.77. The molecule has 1 aromatic heterocycles. The summed E-state index contributed by atoms with van der Waals surface area (Å²) in [5.74, 6) is -1.14. The minimum Gasteiger partial charge on any atom is -0.455 e. The first kappa shape index (κ1) is 23.3. The second-order valence-electron chi connectivity index (χ2n) is 9.18. The summed E-state index contributed by atoms with van der Waals surface area (Å²) < 4.78 is 6.39. The van der Waals surface area contributed by atoms with Crippen LogP contribution in [0.5, 0.6) is 0 Å². The molecule has 0 spiro atoms. The van der Waals surface area contributed by atoms with E-state index < -0.39 is 16.8 Å². The molecule has 1 aliphatic rings. The van der Waals surface area contributed by atoms with E-state index in [2.05, 4.69) is 0 Å². The SMILES string of the molecule is O=C(c1ccccc1)[C@@H]1c2c(-c3ccccc3)oc(-c3ccc([N+](=O)[O-])cc3)c2C(=O)[C@H]1c1ccccc1. The molecule has 0 fully saturated rings. The second-order valence-corrected chi connectivity index (χ2v) is 9.18. The average molecular weight is 500 g/mol. The highest BCUT2D eigenvalue weighted by Gasteiger charge is 2.50. The summed E-state index contributed by atoms with van der Waals surface area (Å²) in [6.45, 7) is 0. The summed E-state index contributed by atoms with van der Waals surface area (Å²) in [4.78, 5) is 39.1. The van der Waals surface area contributed by atoms with Crippen LogP contribution < -0.4 is 0 Å². The molecule has 0 bridgehead atoms. The highest BCUT2D eigenvalue weighted by atomic mass is 16.6. The molecule has 0 saturated carbocycles. The van der Waals surface area contributed by atoms with Gasteiger partial charge in [0.15, 0.2) is 11.6 Å². The maximum Gasteiger partial charge on any atom is 0.269 e. The van der Waals surface area contributed by atoms with Crippen LogP contribution in [0.2, 0.25) is 0 Å². The fourth-order valence-corrected chi connectivity index (χ4v) is 5.27. The second kappa shape index (κ2) is 9.41. The molecule has 38 heavy (non-hydrogen) atoms. The molecule has 6 heteroatoms. The number of furan rings is 1. The van der Waals surface area contributed by atoms with Crippen LogP contribution in [-0.4, -0.2) is 16.5 Å². The Hall–Kier alpha value is -5.10. The predicted molar refractivity (Wildman–Crippen MR) is 143 cm³/mol. The number of Topliss-reactive ketones (excluding diaryl/α,β-unsaturated/α-hetero) is 2. The van der Waals surface area contributed by atoms with Crippen LogP contribution in [0.4, 0.5) is 5.69 Å². The molecule has 0 radical (unpaired) electrons. The van der Waals surface area contributed by atoms with Crippen molar-refractivity contribution in [1.29, 1.82) is 0 Å². The maximum atomic E-state index is 14.2. The molecule has 0 unspecified atom stereocenters. The van der Waals surface area contributed by atoms with E-state index in [0.29, 0.717) is 33.8 Å². The summed E-state index contributed by atoms with van der Waals surface area (Å²) in [7, 11) is 0. The first-order chi connectivity index (χ1) is 18.5. The molecule has 0 saturated heterocycles. The van der Waals surface area contributed by atoms with Crippen LogP contribution in [-0.2, 0) is 0 Å². The van der Waals surface area contributed by atoms with E-state index >= 15 is 0 Å². The van der Waals surface area contributed by atoms with Crippen molar-refractivity contribution in [2.24, 2.45) is 0 Å². The van der Waals surface area contributed by atoms with Gasteiger partial charge in [-0.25, -0.2) is 0 Å². The summed E-state index contributed by atoms with van der Waals surface area (Å²) >= 11 is 0. The topological polar surface area (TPSA) is 90.4 Å². The predicted octanol–water partition coefficient (Wildman–Crippen LogP) is 7.47. The van der Waals surface area contributed by atoms with Gasteiger partial charge in [-0.05, 0) is 17.7 Å². The number of carbonyl (C=O) groups is 2. The van der Waals surface area contributed by atoms with Crippen LogP contribution in [0.15, 0.2) is 120 Å². The molecule has 1 heterocycles. The number of carbonyl (C=O) groups excluding carboxylic acids is 2. The van der Waals surface area contributed by atoms with Crippen LogP contribution in [0.3, 0.4) is 0 Å². The maximum absolute atomic E-state index is 14.2. The third kappa shape index (κ3) is 3.83. The number of fused-ring (bicyclic) bond motifs is 1. The van der Waals surface area contributed by atoms with E-state index in [-0.39, 0.29) is 17.3 Å². The molecular weight excluding hydrogens is 478 g/mol. The fraction of sp³-hybridized carbons (Fsp3) is 0.0625. The Bertz CT molecular complexity index is 1660. The molecule has 0 N–H and O–H groups in total. The van der Waals surface area contributed by atoms with Crippen molar-refractivity contribution in [3.8, 4) is 22.6 Å². The van der Waals surface area contributed by atoms with Gasteiger partial charge in [0.2, 0.25) is 0 Å². The normalized spacial score (nSPS) is 16.3. The van der Waals surface area contributed by atoms with Gasteiger partial charge in [-0.3, -0.25) is 19.7 Å². The number of nitro groups is 1. The van der Waals surface area contributed by atoms with Crippen LogP contribution in [0.25, 0.3) is 22.6 Å². The van der Waals surface area contributed by atoms with Gasteiger partial charge < -0.3 is 4.42 Å². The monoisotopic (exact) mass is 499 g/mol. The number of benzene rings is 4. The quantitative estimate of drug-likeness (QED) is 0.137. The van der Waals surface area contributed by atoms with Gasteiger partial charge in [-0.1, -0.05) is 91.0 Å². The Morgan fingerprint density at radius 2 is 1.26 bits per heavy atom. The van der Waals surface area contributed by atoms with Crippen molar-refractivity contribution in [1.82, 2.24) is 0 Å². The van der Waals surface area contributed by atoms with Crippen LogP contribution in [0.1, 0.15) is 43.7 Å². The zero-order chi connectivity index (χ0) is 26.2. The number of non-ortho nitro benzene ring substituents is 1. The van der Waals surface area contributed by atoms with Gasteiger partial charge in [0.05, 0.1) is 22.3 Å². The lowest BCUT2D eigenvalue weighted by Crippen LogP contribution is -2.20. The highest BCUT2D eigenvalue weighted by molar-refractivity contribution is 6.18. The van der Waals surface area contributed by atoms with Gasteiger partial charge in [0, 0.05) is 34.4 Å². The van der Waals surface area contributed by atoms with Crippen molar-refractivity contribution in [2.45, 2.75) is 11.8 Å². The Morgan fingerprint density at radius 1 is 0.711 bits per heavy atom. The first-order valence-corrected chi connectivity index (χ1v) is 12.2. The average Bonchev–Trinajstić information content (AvgIpc) is 3.50. The molecular formula is C32H21NO5. The van der Waals surface area contributed by atoms with Gasteiger partial charge in [0.1, 0.15) is 11.5 Å². The minimum atomic E-state index is -0.798. The summed E-state index contributed by atoms with van der Waals surface area (Å²) in [6.07, 6.45) is 0. The van der Waals surface area contributed by atoms with E-state index in [0.717, 1.165) is 11.1 Å². The van der Waals surface area contributed by atoms with Gasteiger partial charge in [-0.15, -0.1) is 0 Å². The number of nitro benzene ring substituents is 1. The molecule has 1 aliphatic carbocycles. The van der Waals surface area contributed by atoms with Gasteiger partial charge in [-0.2, -0.15) is 0 Å². The summed E-state index contributed by atoms with van der Waals surface area (Å²) in [5.41, 5.74) is 3.36. The Balaban J connectivity index is 1.62. The van der Waals surface area contributed by atoms with E-state index in [1.54, 1.807) is 36.4 Å². The van der Waals surface area contributed by atoms with Crippen molar-refractivity contribution < 1.29 is 18.9 Å². The Morgan fingerprint density at radius 3 is 1.87 bits per heavy atom. The lowest BCUT2D eigenvalue weighted by atomic mass is 9.80. The molecule has 5 aromatic rings. The zero-order valence-corrected chi connectivity index (χ0v) is 20.1. The fourth-order valence-electron chi connectivity index (χ4n) is 5.27. The van der Waals surface area contributed by atoms with Gasteiger partial charge >= 0.3 is 0 Å². The molecule has 0 aliphatic heterocycles. The lowest BCUT2D eigenvalue weighted by molar-refractivity contribution is -0.384. The zero-order valence-electron chi connectivity index (χ0n) is 20.1. The molecule has 6 rings (SSSR count). The third-order valence-electron chi connectivity index (χ3n) is 6.99. The standard InChI is InChI=1S/C32H21NO5/c34-29(21-12-6-2-7-13-21)26-25(20-10-4-1-5-11-20)30(35)28-27(26)31(22-14-8-3-9-15-22)38-32(28)23-16-18-24(19-17-23)33(36)37/h1-19,25-26H/t25-,26-/m0/s1. The number of hydrogen-bond acceptors (Lipinski definition) is 5. The summed E-state index contributed by atoms with van der Waals surface area (Å²) in [6, 6.07) is 33.6. The lowest BCUT2D eigenvalue weighted by Gasteiger charge is -2.20. The van der Waals surface area contributed by atoms with Crippen LogP contribution >= 0.6 is 0 Å². The van der Waals surface area contributed by atoms with Crippen molar-refractivity contribution in [3.05, 3.63) is 148 Å². The largest absolute Gasteiger partial charge is 0.455 e. The van der Waals surface area contributed by atoms with Crippen LogP contribution in [0, 0.1) is 10.1 Å².